The van der Waals surface area contributed by atoms with Crippen LogP contribution >= 0.6 is 0 Å². The zero-order valence-corrected chi connectivity index (χ0v) is 13.8. The quantitative estimate of drug-likeness (QED) is 0.394. The Labute approximate surface area is 124 Å². The number of unbranched alkanes of at least 4 members (excludes halogenated alkanes) is 3. The topological polar surface area (TPSA) is 0 Å². The molecule has 0 aromatic carbocycles. The van der Waals surface area contributed by atoms with Crippen LogP contribution in [0.5, 0.6) is 0 Å². The average Bonchev–Trinajstić information content (AvgIpc) is 2.93. The first-order valence-electron chi connectivity index (χ1n) is 8.64. The van der Waals surface area contributed by atoms with Gasteiger partial charge in [-0.2, -0.15) is 0 Å². The summed E-state index contributed by atoms with van der Waals surface area (Å²) in [7, 11) is 0. The fourth-order valence-electron chi connectivity index (χ4n) is 3.75. The van der Waals surface area contributed by atoms with E-state index in [1.54, 1.807) is 0 Å². The number of quaternary nitrogens is 1. The lowest BCUT2D eigenvalue weighted by atomic mass is 10.1. The molecule has 0 amide bonds. The van der Waals surface area contributed by atoms with Gasteiger partial charge in [0.05, 0.1) is 25.7 Å². The highest BCUT2D eigenvalue weighted by Gasteiger charge is 2.36. The van der Waals surface area contributed by atoms with Crippen LogP contribution in [-0.4, -0.2) is 38.6 Å². The molecule has 2 heteroatoms. The monoisotopic (exact) mass is 265 g/mol. The van der Waals surface area contributed by atoms with Crippen LogP contribution in [-0.2, 0) is 0 Å². The Morgan fingerprint density at radius 1 is 0.737 bits per heavy atom. The standard InChI is InChI=1S/C17H36N.B/c1-4-7-14-18(15-8-5-2,16-9-6-3)17-12-10-11-13-17;/h17H,4-16H2,1-3H3;/q+1;. The van der Waals surface area contributed by atoms with Crippen molar-refractivity contribution in [2.24, 2.45) is 0 Å². The molecule has 1 aliphatic carbocycles. The molecule has 1 aliphatic rings. The van der Waals surface area contributed by atoms with Gasteiger partial charge in [0.25, 0.3) is 0 Å². The molecule has 3 radical (unpaired) electrons. The Morgan fingerprint density at radius 2 is 1.11 bits per heavy atom. The van der Waals surface area contributed by atoms with Crippen LogP contribution in [0.2, 0.25) is 0 Å². The molecule has 0 spiro atoms. The van der Waals surface area contributed by atoms with E-state index in [0.29, 0.717) is 0 Å². The average molecular weight is 265 g/mol. The van der Waals surface area contributed by atoms with Crippen molar-refractivity contribution in [3.8, 4) is 0 Å². The fraction of sp³-hybridized carbons (Fsp3) is 1.00. The molecule has 111 valence electrons. The van der Waals surface area contributed by atoms with Crippen LogP contribution in [0.25, 0.3) is 0 Å². The van der Waals surface area contributed by atoms with Gasteiger partial charge in [-0.15, -0.1) is 0 Å². The zero-order valence-electron chi connectivity index (χ0n) is 13.8. The Bertz CT molecular complexity index is 178. The minimum Gasteiger partial charge on any atom is -0.321 e. The molecule has 1 saturated carbocycles. The predicted octanol–water partition coefficient (Wildman–Crippen LogP) is 4.77. The summed E-state index contributed by atoms with van der Waals surface area (Å²) in [6.07, 6.45) is 14.4. The fourth-order valence-corrected chi connectivity index (χ4v) is 3.75. The molecule has 0 aliphatic heterocycles. The van der Waals surface area contributed by atoms with Crippen molar-refractivity contribution < 1.29 is 4.48 Å². The largest absolute Gasteiger partial charge is 0.321 e. The highest BCUT2D eigenvalue weighted by molar-refractivity contribution is 5.75. The highest BCUT2D eigenvalue weighted by atomic mass is 15.4. The minimum absolute atomic E-state index is 0. The molecule has 1 fully saturated rings. The van der Waals surface area contributed by atoms with E-state index in [-0.39, 0.29) is 8.41 Å². The zero-order chi connectivity index (χ0) is 13.3. The number of hydrogen-bond acceptors (Lipinski definition) is 0. The van der Waals surface area contributed by atoms with E-state index in [1.807, 2.05) is 0 Å². The summed E-state index contributed by atoms with van der Waals surface area (Å²) >= 11 is 0. The van der Waals surface area contributed by atoms with E-state index in [1.165, 1.54) is 88.3 Å². The summed E-state index contributed by atoms with van der Waals surface area (Å²) in [6, 6.07) is 1.01. The first-order valence-corrected chi connectivity index (χ1v) is 8.64. The molecule has 0 N–H and O–H groups in total. The second-order valence-corrected chi connectivity index (χ2v) is 6.39. The number of hydrogen-bond donors (Lipinski definition) is 0. The number of rotatable bonds is 10. The maximum Gasteiger partial charge on any atom is 0.0890 e. The first-order chi connectivity index (χ1) is 8.79. The molecule has 0 atom stereocenters. The lowest BCUT2D eigenvalue weighted by molar-refractivity contribution is -0.951. The van der Waals surface area contributed by atoms with Crippen LogP contribution in [0.1, 0.15) is 85.0 Å². The van der Waals surface area contributed by atoms with Gasteiger partial charge >= 0.3 is 0 Å². The van der Waals surface area contributed by atoms with Crippen LogP contribution in [0.4, 0.5) is 0 Å². The second-order valence-electron chi connectivity index (χ2n) is 6.39. The summed E-state index contributed by atoms with van der Waals surface area (Å²) in [5.74, 6) is 0. The van der Waals surface area contributed by atoms with Crippen molar-refractivity contribution in [2.45, 2.75) is 91.0 Å². The van der Waals surface area contributed by atoms with Gasteiger partial charge in [0, 0.05) is 8.41 Å². The van der Waals surface area contributed by atoms with E-state index in [0.717, 1.165) is 6.04 Å². The Morgan fingerprint density at radius 3 is 1.42 bits per heavy atom. The summed E-state index contributed by atoms with van der Waals surface area (Å²) < 4.78 is 1.48. The van der Waals surface area contributed by atoms with Gasteiger partial charge in [0.1, 0.15) is 0 Å². The molecule has 0 aromatic heterocycles. The first kappa shape index (κ1) is 19.0. The van der Waals surface area contributed by atoms with Gasteiger partial charge in [-0.1, -0.05) is 40.0 Å². The van der Waals surface area contributed by atoms with Crippen LogP contribution < -0.4 is 0 Å². The molecule has 1 rings (SSSR count). The van der Waals surface area contributed by atoms with Gasteiger partial charge in [-0.25, -0.2) is 0 Å². The highest BCUT2D eigenvalue weighted by Crippen LogP contribution is 2.31. The lowest BCUT2D eigenvalue weighted by Crippen LogP contribution is -2.56. The predicted molar refractivity (Wildman–Crippen MR) is 87.6 cm³/mol. The van der Waals surface area contributed by atoms with Crippen molar-refractivity contribution in [1.29, 1.82) is 0 Å². The van der Waals surface area contributed by atoms with Gasteiger partial charge in [-0.3, -0.25) is 0 Å². The Kier molecular flexibility index (Phi) is 10.8. The molecular weight excluding hydrogens is 229 g/mol. The van der Waals surface area contributed by atoms with E-state index < -0.39 is 0 Å². The maximum atomic E-state index is 2.35. The third-order valence-electron chi connectivity index (χ3n) is 4.97. The van der Waals surface area contributed by atoms with E-state index in [4.69, 9.17) is 0 Å². The second kappa shape index (κ2) is 10.8. The summed E-state index contributed by atoms with van der Waals surface area (Å²) in [6.45, 7) is 11.4. The van der Waals surface area contributed by atoms with Crippen LogP contribution in [0.3, 0.4) is 0 Å². The maximum absolute atomic E-state index is 2.35. The lowest BCUT2D eigenvalue weighted by Gasteiger charge is -2.44. The van der Waals surface area contributed by atoms with Crippen molar-refractivity contribution in [2.75, 3.05) is 19.6 Å². The summed E-state index contributed by atoms with van der Waals surface area (Å²) in [5.41, 5.74) is 0. The molecule has 1 nitrogen and oxygen atoms in total. The Balaban J connectivity index is 0.00000324. The van der Waals surface area contributed by atoms with Gasteiger partial charge in [0.2, 0.25) is 0 Å². The van der Waals surface area contributed by atoms with Gasteiger partial charge in [-0.05, 0) is 44.9 Å². The van der Waals surface area contributed by atoms with Gasteiger partial charge in [0.15, 0.2) is 0 Å². The normalized spacial score (nSPS) is 16.6. The molecular formula is C17H36BN+. The summed E-state index contributed by atoms with van der Waals surface area (Å²) in [5, 5.41) is 0. The van der Waals surface area contributed by atoms with Gasteiger partial charge < -0.3 is 4.48 Å². The molecule has 0 bridgehead atoms. The third kappa shape index (κ3) is 5.89. The van der Waals surface area contributed by atoms with Crippen molar-refractivity contribution in [3.05, 3.63) is 0 Å². The SMILES string of the molecule is CCCC[N+](CCCC)(CCCC)C1CCCC1.[B]. The summed E-state index contributed by atoms with van der Waals surface area (Å²) in [4.78, 5) is 0. The number of nitrogens with zero attached hydrogens (tertiary/aromatic N) is 1. The van der Waals surface area contributed by atoms with Crippen LogP contribution in [0, 0.1) is 0 Å². The van der Waals surface area contributed by atoms with Crippen molar-refractivity contribution in [1.82, 2.24) is 0 Å². The van der Waals surface area contributed by atoms with E-state index in [2.05, 4.69) is 20.8 Å². The minimum atomic E-state index is 0. The molecule has 0 heterocycles. The van der Waals surface area contributed by atoms with E-state index in [9.17, 15) is 0 Å². The molecule has 0 aromatic rings. The molecule has 19 heavy (non-hydrogen) atoms. The van der Waals surface area contributed by atoms with Crippen LogP contribution in [0.15, 0.2) is 0 Å². The smallest absolute Gasteiger partial charge is 0.0890 e. The van der Waals surface area contributed by atoms with Crippen molar-refractivity contribution >= 4 is 8.41 Å². The molecule has 0 unspecified atom stereocenters. The third-order valence-corrected chi connectivity index (χ3v) is 4.97. The van der Waals surface area contributed by atoms with E-state index >= 15 is 0 Å². The molecule has 0 saturated heterocycles. The Hall–Kier alpha value is 0.0249. The van der Waals surface area contributed by atoms with Crippen molar-refractivity contribution in [3.63, 3.8) is 0 Å².